The van der Waals surface area contributed by atoms with Crippen LogP contribution in [0.2, 0.25) is 0 Å². The molecule has 1 saturated heterocycles. The largest absolute Gasteiger partial charge is 0.293 e. The van der Waals surface area contributed by atoms with Crippen molar-refractivity contribution in [2.45, 2.75) is 17.8 Å². The third kappa shape index (κ3) is 3.56. The molecule has 4 aliphatic rings. The Morgan fingerprint density at radius 3 is 2.12 bits per heavy atom. The number of hydrogen-bond donors (Lipinski definition) is 1. The molecule has 1 N–H and O–H groups in total. The molecule has 0 aromatic heterocycles. The highest BCUT2D eigenvalue weighted by atomic mass is 16.6. The Hall–Kier alpha value is -5.44. The van der Waals surface area contributed by atoms with Crippen LogP contribution in [0.15, 0.2) is 108 Å². The molecule has 1 fully saturated rings. The highest BCUT2D eigenvalue weighted by Crippen LogP contribution is 2.63. The zero-order valence-electron chi connectivity index (χ0n) is 22.2. The third-order valence-corrected chi connectivity index (χ3v) is 8.67. The van der Waals surface area contributed by atoms with Crippen LogP contribution in [0.4, 0.5) is 11.4 Å². The number of carbonyl (C=O) groups is 3. The van der Waals surface area contributed by atoms with Crippen LogP contribution < -0.4 is 10.3 Å². The summed E-state index contributed by atoms with van der Waals surface area (Å²) in [5.41, 5.74) is 5.30. The van der Waals surface area contributed by atoms with Crippen molar-refractivity contribution in [1.29, 1.82) is 0 Å². The number of rotatable bonds is 6. The highest BCUT2D eigenvalue weighted by Gasteiger charge is 2.68. The standard InChI is InChI=1S/C33H24N4O5/c38-27(18-20-10-2-1-3-11-20)35-34-19-33-23-14-6-4-12-21(23)28(22-13-5-7-15-24(22)33)29-30(33)32(40)36(31(29)39)25-16-8-9-17-26(25)37(41)42/h1-17,19,28-30H,18H2,(H,35,38)/b34-19-/t28?,29-,30-,33?/m0/s1. The summed E-state index contributed by atoms with van der Waals surface area (Å²) in [6.07, 6.45) is 1.70. The molecule has 4 aromatic rings. The summed E-state index contributed by atoms with van der Waals surface area (Å²) in [4.78, 5) is 53.7. The van der Waals surface area contributed by atoms with Gasteiger partial charge in [-0.25, -0.2) is 10.3 Å². The number of nitro benzene ring substituents is 1. The van der Waals surface area contributed by atoms with E-state index in [1.54, 1.807) is 12.3 Å². The van der Waals surface area contributed by atoms with Crippen molar-refractivity contribution < 1.29 is 19.3 Å². The monoisotopic (exact) mass is 556 g/mol. The first kappa shape index (κ1) is 25.5. The second-order valence-electron chi connectivity index (χ2n) is 10.7. The summed E-state index contributed by atoms with van der Waals surface area (Å²) in [6.45, 7) is 0. The van der Waals surface area contributed by atoms with Gasteiger partial charge in [-0.15, -0.1) is 0 Å². The van der Waals surface area contributed by atoms with Gasteiger partial charge < -0.3 is 0 Å². The number of benzene rings is 4. The minimum atomic E-state index is -1.20. The lowest BCUT2D eigenvalue weighted by atomic mass is 9.47. The summed E-state index contributed by atoms with van der Waals surface area (Å²) in [5.74, 6) is -3.50. The number of nitrogens with zero attached hydrogens (tertiary/aromatic N) is 3. The van der Waals surface area contributed by atoms with Crippen LogP contribution in [0.5, 0.6) is 0 Å². The first-order valence-corrected chi connectivity index (χ1v) is 13.6. The number of hydrazone groups is 1. The van der Waals surface area contributed by atoms with Crippen LogP contribution in [-0.2, 0) is 26.2 Å². The van der Waals surface area contributed by atoms with Gasteiger partial charge in [-0.1, -0.05) is 91.0 Å². The minimum Gasteiger partial charge on any atom is -0.274 e. The zero-order chi connectivity index (χ0) is 29.0. The van der Waals surface area contributed by atoms with Crippen LogP contribution in [0.1, 0.15) is 33.7 Å². The Morgan fingerprint density at radius 2 is 1.45 bits per heavy atom. The van der Waals surface area contributed by atoms with Crippen molar-refractivity contribution in [3.05, 3.63) is 141 Å². The maximum atomic E-state index is 14.4. The van der Waals surface area contributed by atoms with Crippen molar-refractivity contribution in [2.24, 2.45) is 16.9 Å². The summed E-state index contributed by atoms with van der Waals surface area (Å²) in [6, 6.07) is 30.4. The van der Waals surface area contributed by atoms with E-state index >= 15 is 0 Å². The van der Waals surface area contributed by atoms with Gasteiger partial charge in [0.25, 0.3) is 5.69 Å². The lowest BCUT2D eigenvalue weighted by Crippen LogP contribution is -2.54. The van der Waals surface area contributed by atoms with Crippen LogP contribution in [0.25, 0.3) is 0 Å². The summed E-state index contributed by atoms with van der Waals surface area (Å²) >= 11 is 0. The predicted octanol–water partition coefficient (Wildman–Crippen LogP) is 4.49. The van der Waals surface area contributed by atoms with Crippen molar-refractivity contribution >= 4 is 35.3 Å². The Kier molecular flexibility index (Phi) is 5.83. The fraction of sp³-hybridized carbons (Fsp3) is 0.152. The van der Waals surface area contributed by atoms with Crippen LogP contribution in [0, 0.1) is 22.0 Å². The van der Waals surface area contributed by atoms with Crippen molar-refractivity contribution in [3.8, 4) is 0 Å². The van der Waals surface area contributed by atoms with Gasteiger partial charge in [0.05, 0.1) is 28.6 Å². The molecule has 1 aliphatic heterocycles. The molecule has 0 unspecified atom stereocenters. The van der Waals surface area contributed by atoms with Gasteiger partial charge in [0.15, 0.2) is 0 Å². The molecular formula is C33H24N4O5. The molecule has 4 aromatic carbocycles. The SMILES string of the molecule is O=C(Cc1ccccc1)N/N=C\C12c3ccccc3C(c3ccccc31)[C@@H]1C(=O)N(c3ccccc3[N+](=O)[O-])C(=O)[C@H]12. The van der Waals surface area contributed by atoms with Gasteiger partial charge in [0.1, 0.15) is 5.69 Å². The van der Waals surface area contributed by atoms with Crippen molar-refractivity contribution in [2.75, 3.05) is 4.90 Å². The van der Waals surface area contributed by atoms with Crippen molar-refractivity contribution in [1.82, 2.24) is 5.43 Å². The quantitative estimate of drug-likeness (QED) is 0.162. The molecule has 1 heterocycles. The van der Waals surface area contributed by atoms with Crippen LogP contribution in [0.3, 0.4) is 0 Å². The molecule has 2 bridgehead atoms. The summed E-state index contributed by atoms with van der Waals surface area (Å²) in [5, 5.41) is 16.3. The number of imide groups is 1. The maximum absolute atomic E-state index is 14.4. The smallest absolute Gasteiger partial charge is 0.274 e. The Morgan fingerprint density at radius 1 is 0.857 bits per heavy atom. The van der Waals surface area contributed by atoms with E-state index in [0.717, 1.165) is 32.7 Å². The van der Waals surface area contributed by atoms with Gasteiger partial charge in [-0.3, -0.25) is 24.5 Å². The van der Waals surface area contributed by atoms with Gasteiger partial charge in [0, 0.05) is 18.2 Å². The lowest BCUT2D eigenvalue weighted by molar-refractivity contribution is -0.384. The molecule has 2 atom stereocenters. The topological polar surface area (TPSA) is 122 Å². The van der Waals surface area contributed by atoms with E-state index in [2.05, 4.69) is 10.5 Å². The fourth-order valence-electron chi connectivity index (χ4n) is 7.12. The summed E-state index contributed by atoms with van der Waals surface area (Å²) < 4.78 is 0. The van der Waals surface area contributed by atoms with E-state index < -0.39 is 39.9 Å². The molecule has 206 valence electrons. The molecule has 9 heteroatoms. The van der Waals surface area contributed by atoms with E-state index in [9.17, 15) is 24.5 Å². The van der Waals surface area contributed by atoms with Gasteiger partial charge in [-0.2, -0.15) is 5.10 Å². The number of nitro groups is 1. The van der Waals surface area contributed by atoms with E-state index in [-0.39, 0.29) is 23.7 Å². The molecule has 42 heavy (non-hydrogen) atoms. The number of hydrogen-bond acceptors (Lipinski definition) is 6. The van der Waals surface area contributed by atoms with Crippen LogP contribution in [-0.4, -0.2) is 28.9 Å². The van der Waals surface area contributed by atoms with Gasteiger partial charge >= 0.3 is 0 Å². The normalized spacial score (nSPS) is 23.4. The van der Waals surface area contributed by atoms with E-state index in [1.807, 2.05) is 78.9 Å². The lowest BCUT2D eigenvalue weighted by Gasteiger charge is -2.52. The first-order chi connectivity index (χ1) is 20.4. The average molecular weight is 557 g/mol. The Balaban J connectivity index is 1.38. The van der Waals surface area contributed by atoms with E-state index in [0.29, 0.717) is 0 Å². The van der Waals surface area contributed by atoms with E-state index in [1.165, 1.54) is 18.2 Å². The van der Waals surface area contributed by atoms with Crippen molar-refractivity contribution in [3.63, 3.8) is 0 Å². The zero-order valence-corrected chi connectivity index (χ0v) is 22.2. The second-order valence-corrected chi connectivity index (χ2v) is 10.7. The average Bonchev–Trinajstić information content (AvgIpc) is 3.28. The molecular weight excluding hydrogens is 532 g/mol. The van der Waals surface area contributed by atoms with E-state index in [4.69, 9.17) is 0 Å². The molecule has 0 radical (unpaired) electrons. The first-order valence-electron chi connectivity index (χ1n) is 13.6. The molecule has 0 spiro atoms. The molecule has 8 rings (SSSR count). The minimum absolute atomic E-state index is 0.0531. The number of para-hydroxylation sites is 2. The maximum Gasteiger partial charge on any atom is 0.293 e. The molecule has 0 saturated carbocycles. The fourth-order valence-corrected chi connectivity index (χ4v) is 7.12. The third-order valence-electron chi connectivity index (χ3n) is 8.67. The summed E-state index contributed by atoms with van der Waals surface area (Å²) in [7, 11) is 0. The van der Waals surface area contributed by atoms with Gasteiger partial charge in [-0.05, 0) is 33.9 Å². The molecule has 9 nitrogen and oxygen atoms in total. The highest BCUT2D eigenvalue weighted by molar-refractivity contribution is 6.25. The molecule has 3 amide bonds. The van der Waals surface area contributed by atoms with Crippen LogP contribution >= 0.6 is 0 Å². The number of nitrogens with one attached hydrogen (secondary N) is 1. The predicted molar refractivity (Wildman–Crippen MR) is 155 cm³/mol. The van der Waals surface area contributed by atoms with Gasteiger partial charge in [0.2, 0.25) is 17.7 Å². The Labute approximate surface area is 240 Å². The Bertz CT molecular complexity index is 1770. The number of anilines is 1. The number of carbonyl (C=O) groups excluding carboxylic acids is 3. The molecule has 3 aliphatic carbocycles. The second kappa shape index (κ2) is 9.59. The number of amides is 3.